The zero-order valence-electron chi connectivity index (χ0n) is 5.74. The largest absolute Gasteiger partial charge is 0.352 e. The number of halogens is 3. The lowest BCUT2D eigenvalue weighted by atomic mass is 9.88. The number of hydrogen-bond donors (Lipinski definition) is 1. The van der Waals surface area contributed by atoms with E-state index in [1.54, 1.807) is 0 Å². The maximum atomic E-state index is 12.2. The summed E-state index contributed by atoms with van der Waals surface area (Å²) < 4.78 is 24.4. The highest BCUT2D eigenvalue weighted by atomic mass is 79.9. The number of carbonyl (C=O) groups is 1. The second kappa shape index (κ2) is 3.05. The van der Waals surface area contributed by atoms with E-state index < -0.39 is 5.92 Å². The number of amides is 1. The van der Waals surface area contributed by atoms with E-state index >= 15 is 0 Å². The van der Waals surface area contributed by atoms with Gasteiger partial charge in [-0.1, -0.05) is 15.9 Å². The van der Waals surface area contributed by atoms with E-state index in [1.807, 2.05) is 0 Å². The number of hydrogen-bond acceptors (Lipinski definition) is 1. The first kappa shape index (κ1) is 8.90. The van der Waals surface area contributed by atoms with Crippen LogP contribution in [0.2, 0.25) is 0 Å². The fraction of sp³-hybridized carbons (Fsp3) is 0.833. The van der Waals surface area contributed by atoms with Crippen LogP contribution in [0.15, 0.2) is 0 Å². The second-order valence-corrected chi connectivity index (χ2v) is 3.22. The molecule has 0 spiro atoms. The maximum absolute atomic E-state index is 12.2. The third-order valence-corrected chi connectivity index (χ3v) is 2.09. The van der Waals surface area contributed by atoms with Gasteiger partial charge in [-0.05, 0) is 0 Å². The maximum Gasteiger partial charge on any atom is 0.252 e. The lowest BCUT2D eigenvalue weighted by Gasteiger charge is -2.35. The first-order valence-corrected chi connectivity index (χ1v) is 4.39. The first-order chi connectivity index (χ1) is 5.03. The monoisotopic (exact) mass is 227 g/mol. The summed E-state index contributed by atoms with van der Waals surface area (Å²) in [5.41, 5.74) is 0. The van der Waals surface area contributed by atoms with E-state index in [9.17, 15) is 13.6 Å². The second-order valence-electron chi connectivity index (χ2n) is 2.66. The Kier molecular flexibility index (Phi) is 2.47. The van der Waals surface area contributed by atoms with Crippen LogP contribution in [0.5, 0.6) is 0 Å². The van der Waals surface area contributed by atoms with Crippen molar-refractivity contribution in [3.05, 3.63) is 0 Å². The van der Waals surface area contributed by atoms with Crippen LogP contribution in [-0.4, -0.2) is 23.2 Å². The van der Waals surface area contributed by atoms with Crippen molar-refractivity contribution < 1.29 is 13.6 Å². The van der Waals surface area contributed by atoms with E-state index in [0.29, 0.717) is 0 Å². The molecule has 2 nitrogen and oxygen atoms in total. The molecule has 0 aromatic carbocycles. The van der Waals surface area contributed by atoms with Crippen molar-refractivity contribution in [3.8, 4) is 0 Å². The molecule has 0 aromatic rings. The van der Waals surface area contributed by atoms with Crippen LogP contribution in [0.1, 0.15) is 12.8 Å². The molecule has 0 saturated heterocycles. The third kappa shape index (κ3) is 2.39. The van der Waals surface area contributed by atoms with E-state index in [1.165, 1.54) is 0 Å². The standard InChI is InChI=1S/C6H8BrF2NO/c7-3-5(11)10-4-1-6(8,9)2-4/h4H,1-3H2,(H,10,11). The highest BCUT2D eigenvalue weighted by molar-refractivity contribution is 9.09. The van der Waals surface area contributed by atoms with Crippen molar-refractivity contribution in [1.82, 2.24) is 5.32 Å². The van der Waals surface area contributed by atoms with Crippen LogP contribution < -0.4 is 5.32 Å². The quantitative estimate of drug-likeness (QED) is 0.709. The summed E-state index contributed by atoms with van der Waals surface area (Å²) in [5.74, 6) is -2.78. The van der Waals surface area contributed by atoms with Gasteiger partial charge in [0.1, 0.15) is 0 Å². The predicted molar refractivity (Wildman–Crippen MR) is 39.9 cm³/mol. The van der Waals surface area contributed by atoms with Gasteiger partial charge in [-0.15, -0.1) is 0 Å². The van der Waals surface area contributed by atoms with Gasteiger partial charge in [0.15, 0.2) is 0 Å². The molecule has 1 amide bonds. The highest BCUT2D eigenvalue weighted by Gasteiger charge is 2.45. The fourth-order valence-electron chi connectivity index (χ4n) is 1.03. The third-order valence-electron chi connectivity index (χ3n) is 1.58. The van der Waals surface area contributed by atoms with Crippen molar-refractivity contribution in [3.63, 3.8) is 0 Å². The van der Waals surface area contributed by atoms with E-state index in [0.717, 1.165) is 0 Å². The molecule has 0 aliphatic heterocycles. The molecule has 64 valence electrons. The molecule has 0 heterocycles. The van der Waals surface area contributed by atoms with Crippen molar-refractivity contribution in [2.45, 2.75) is 24.8 Å². The Bertz CT molecular complexity index is 166. The Hall–Kier alpha value is -0.190. The summed E-state index contributed by atoms with van der Waals surface area (Å²) in [6.45, 7) is 0. The molecule has 0 unspecified atom stereocenters. The molecular weight excluding hydrogens is 220 g/mol. The Labute approximate surface area is 71.5 Å². The SMILES string of the molecule is O=C(CBr)NC1CC(F)(F)C1. The summed E-state index contributed by atoms with van der Waals surface area (Å²) in [4.78, 5) is 10.6. The molecule has 0 atom stereocenters. The smallest absolute Gasteiger partial charge is 0.252 e. The lowest BCUT2D eigenvalue weighted by molar-refractivity contribution is -0.126. The Morgan fingerprint density at radius 2 is 2.18 bits per heavy atom. The molecule has 1 aliphatic carbocycles. The van der Waals surface area contributed by atoms with Gasteiger partial charge >= 0.3 is 0 Å². The van der Waals surface area contributed by atoms with Crippen LogP contribution in [0.4, 0.5) is 8.78 Å². The molecule has 1 aliphatic rings. The molecule has 0 aromatic heterocycles. The number of carbonyl (C=O) groups excluding carboxylic acids is 1. The molecule has 11 heavy (non-hydrogen) atoms. The summed E-state index contributed by atoms with van der Waals surface area (Å²) in [6.07, 6.45) is -0.433. The van der Waals surface area contributed by atoms with Gasteiger partial charge < -0.3 is 5.32 Å². The molecule has 1 rings (SSSR count). The summed E-state index contributed by atoms with van der Waals surface area (Å²) in [7, 11) is 0. The highest BCUT2D eigenvalue weighted by Crippen LogP contribution is 2.37. The van der Waals surface area contributed by atoms with Gasteiger partial charge in [0, 0.05) is 18.9 Å². The van der Waals surface area contributed by atoms with Gasteiger partial charge in [-0.25, -0.2) is 8.78 Å². The van der Waals surface area contributed by atoms with Crippen LogP contribution in [0, 0.1) is 0 Å². The summed E-state index contributed by atoms with van der Waals surface area (Å²) >= 11 is 2.93. The fourth-order valence-corrected chi connectivity index (χ4v) is 1.19. The predicted octanol–water partition coefficient (Wildman–Crippen LogP) is 1.30. The molecular formula is C6H8BrF2NO. The van der Waals surface area contributed by atoms with Gasteiger partial charge in [-0.3, -0.25) is 4.79 Å². The van der Waals surface area contributed by atoms with Gasteiger partial charge in [0.25, 0.3) is 5.92 Å². The van der Waals surface area contributed by atoms with Crippen molar-refractivity contribution >= 4 is 21.8 Å². The lowest BCUT2D eigenvalue weighted by Crippen LogP contribution is -2.50. The zero-order valence-corrected chi connectivity index (χ0v) is 7.33. The molecule has 0 bridgehead atoms. The topological polar surface area (TPSA) is 29.1 Å². The van der Waals surface area contributed by atoms with E-state index in [4.69, 9.17) is 0 Å². The first-order valence-electron chi connectivity index (χ1n) is 3.27. The Balaban J connectivity index is 2.19. The van der Waals surface area contributed by atoms with Crippen LogP contribution >= 0.6 is 15.9 Å². The minimum Gasteiger partial charge on any atom is -0.352 e. The van der Waals surface area contributed by atoms with Gasteiger partial charge in [-0.2, -0.15) is 0 Å². The van der Waals surface area contributed by atoms with E-state index in [2.05, 4.69) is 21.2 Å². The average Bonchev–Trinajstić information content (AvgIpc) is 1.83. The zero-order chi connectivity index (χ0) is 8.48. The number of rotatable bonds is 2. The number of nitrogens with one attached hydrogen (secondary N) is 1. The Morgan fingerprint density at radius 3 is 2.55 bits per heavy atom. The molecule has 0 radical (unpaired) electrons. The average molecular weight is 228 g/mol. The normalized spacial score (nSPS) is 22.5. The van der Waals surface area contributed by atoms with Crippen molar-refractivity contribution in [2.75, 3.05) is 5.33 Å². The van der Waals surface area contributed by atoms with Crippen LogP contribution in [0.25, 0.3) is 0 Å². The van der Waals surface area contributed by atoms with Gasteiger partial charge in [0.05, 0.1) is 5.33 Å². The Morgan fingerprint density at radius 1 is 1.64 bits per heavy atom. The molecule has 1 fully saturated rings. The minimum atomic E-state index is -2.55. The molecule has 5 heteroatoms. The molecule has 1 saturated carbocycles. The van der Waals surface area contributed by atoms with Crippen LogP contribution in [0.3, 0.4) is 0 Å². The summed E-state index contributed by atoms with van der Waals surface area (Å²) in [6, 6.07) is -0.324. The van der Waals surface area contributed by atoms with Crippen LogP contribution in [-0.2, 0) is 4.79 Å². The summed E-state index contributed by atoms with van der Waals surface area (Å²) in [5, 5.41) is 2.63. The number of alkyl halides is 3. The van der Waals surface area contributed by atoms with Gasteiger partial charge in [0.2, 0.25) is 5.91 Å². The van der Waals surface area contributed by atoms with E-state index in [-0.39, 0.29) is 30.1 Å². The van der Waals surface area contributed by atoms with Crippen molar-refractivity contribution in [1.29, 1.82) is 0 Å². The van der Waals surface area contributed by atoms with Crippen molar-refractivity contribution in [2.24, 2.45) is 0 Å². The molecule has 1 N–H and O–H groups in total. The minimum absolute atomic E-state index is 0.176.